The number of amides is 3. The maximum atomic E-state index is 13.0. The maximum absolute atomic E-state index is 13.0. The first-order valence-electron chi connectivity index (χ1n) is 15.8. The van der Waals surface area contributed by atoms with Crippen molar-refractivity contribution in [3.63, 3.8) is 0 Å². The highest BCUT2D eigenvalue weighted by atomic mass is 17.2. The summed E-state index contributed by atoms with van der Waals surface area (Å²) in [6, 6.07) is 5.23. The van der Waals surface area contributed by atoms with Crippen LogP contribution >= 0.6 is 0 Å². The van der Waals surface area contributed by atoms with E-state index in [1.807, 2.05) is 4.90 Å². The van der Waals surface area contributed by atoms with Gasteiger partial charge in [0, 0.05) is 44.0 Å². The summed E-state index contributed by atoms with van der Waals surface area (Å²) in [5.41, 5.74) is 0.694. The van der Waals surface area contributed by atoms with Crippen LogP contribution in [0.4, 0.5) is 5.69 Å². The average Bonchev–Trinajstić information content (AvgIpc) is 3.52. The molecule has 0 unspecified atom stereocenters. The summed E-state index contributed by atoms with van der Waals surface area (Å²) < 4.78 is 0. The van der Waals surface area contributed by atoms with Gasteiger partial charge in [-0.1, -0.05) is 0 Å². The van der Waals surface area contributed by atoms with Crippen LogP contribution < -0.4 is 16.0 Å². The fourth-order valence-electron chi connectivity index (χ4n) is 5.11. The van der Waals surface area contributed by atoms with Gasteiger partial charge in [0.25, 0.3) is 5.91 Å². The Bertz CT molecular complexity index is 1290. The van der Waals surface area contributed by atoms with Crippen LogP contribution in [0.3, 0.4) is 0 Å². The molecular weight excluding hydrogens is 647 g/mol. The van der Waals surface area contributed by atoms with Gasteiger partial charge in [0.1, 0.15) is 6.04 Å². The van der Waals surface area contributed by atoms with Gasteiger partial charge in [-0.25, -0.2) is 14.4 Å². The first kappa shape index (κ1) is 39.3. The number of likely N-dealkylation sites (tertiary alicyclic amines) is 1. The van der Waals surface area contributed by atoms with E-state index >= 15 is 0 Å². The van der Waals surface area contributed by atoms with Gasteiger partial charge in [0.15, 0.2) is 0 Å². The van der Waals surface area contributed by atoms with Crippen LogP contribution in [0, 0.1) is 0 Å². The van der Waals surface area contributed by atoms with E-state index in [0.29, 0.717) is 51.3 Å². The van der Waals surface area contributed by atoms with Gasteiger partial charge < -0.3 is 30.9 Å². The minimum atomic E-state index is -1.65. The van der Waals surface area contributed by atoms with Crippen LogP contribution in [0.2, 0.25) is 0 Å². The van der Waals surface area contributed by atoms with Gasteiger partial charge in [0.2, 0.25) is 17.2 Å². The van der Waals surface area contributed by atoms with Crippen LogP contribution in [0.15, 0.2) is 24.3 Å². The number of likely N-dealkylation sites (N-methyl/N-ethyl adjacent to an activating group) is 3. The number of carbonyl (C=O) groups is 6. The molecular formula is C29H45BN8O11. The fraction of sp³-hybridized carbons (Fsp3) is 0.586. The smallest absolute Gasteiger partial charge is 0.426 e. The summed E-state index contributed by atoms with van der Waals surface area (Å²) >= 11 is 0. The number of nitrogens with zero attached hydrogens (tertiary/aromatic N) is 5. The zero-order chi connectivity index (χ0) is 36.1. The number of hydrogen-bond acceptors (Lipinski definition) is 16. The monoisotopic (exact) mass is 692 g/mol. The summed E-state index contributed by atoms with van der Waals surface area (Å²) in [5, 5.41) is 27.2. The maximum Gasteiger partial charge on any atom is 0.475 e. The van der Waals surface area contributed by atoms with E-state index < -0.39 is 48.8 Å². The van der Waals surface area contributed by atoms with E-state index in [9.17, 15) is 38.8 Å². The lowest BCUT2D eigenvalue weighted by molar-refractivity contribution is -0.464. The van der Waals surface area contributed by atoms with Crippen molar-refractivity contribution in [1.82, 2.24) is 35.6 Å². The van der Waals surface area contributed by atoms with E-state index in [1.54, 1.807) is 36.0 Å². The standard InChI is InChI=1S/C29H45BN8O11/c1-20(29(44)37-11-5-6-23(37)30(45)46)32-28(43)21-7-9-22(10-8-21)33-24(39)17-36-14-12-34(3)18-26(41)48-38(47-25(40)16-31-2)49-27(42)19-35(4)13-15-36/h7-10,20,23,31,45-46H,5-6,11-19H2,1-4H3,(H,32,43)(H,33,39)/t20-,23+/m1/s1. The summed E-state index contributed by atoms with van der Waals surface area (Å²) in [4.78, 5) is 96.4. The third-order valence-corrected chi connectivity index (χ3v) is 7.69. The second-order valence-corrected chi connectivity index (χ2v) is 11.9. The van der Waals surface area contributed by atoms with Crippen molar-refractivity contribution >= 4 is 48.4 Å². The quantitative estimate of drug-likeness (QED) is 0.153. The molecule has 3 rings (SSSR count). The van der Waals surface area contributed by atoms with E-state index in [2.05, 4.69) is 16.0 Å². The van der Waals surface area contributed by atoms with Gasteiger partial charge in [0.05, 0.1) is 32.1 Å². The van der Waals surface area contributed by atoms with E-state index in [4.69, 9.17) is 14.5 Å². The minimum Gasteiger partial charge on any atom is -0.426 e. The third-order valence-electron chi connectivity index (χ3n) is 7.69. The topological polar surface area (TPSA) is 223 Å². The average molecular weight is 693 g/mol. The Hall–Kier alpha value is -4.18. The fourth-order valence-corrected chi connectivity index (χ4v) is 5.11. The van der Waals surface area contributed by atoms with Crippen LogP contribution in [-0.2, 0) is 38.5 Å². The molecule has 0 saturated carbocycles. The lowest BCUT2D eigenvalue weighted by Gasteiger charge is -2.28. The summed E-state index contributed by atoms with van der Waals surface area (Å²) in [5.74, 6) is -4.53. The van der Waals surface area contributed by atoms with E-state index in [1.165, 1.54) is 31.0 Å². The summed E-state index contributed by atoms with van der Waals surface area (Å²) in [6.07, 6.45) is 1.10. The van der Waals surface area contributed by atoms with Gasteiger partial charge >= 0.3 is 25.0 Å². The highest BCUT2D eigenvalue weighted by molar-refractivity contribution is 6.43. The van der Waals surface area contributed by atoms with Crippen molar-refractivity contribution in [2.45, 2.75) is 31.7 Å². The number of anilines is 1. The Morgan fingerprint density at radius 2 is 1.55 bits per heavy atom. The Kier molecular flexibility index (Phi) is 15.3. The number of benzene rings is 1. The Labute approximate surface area is 284 Å². The third kappa shape index (κ3) is 13.0. The number of carbonyl (C=O) groups excluding carboxylic acids is 6. The van der Waals surface area contributed by atoms with Crippen LogP contribution in [-0.4, -0.2) is 170 Å². The molecule has 270 valence electrons. The second-order valence-electron chi connectivity index (χ2n) is 11.9. The molecule has 1 aromatic carbocycles. The number of nitrogens with one attached hydrogen (secondary N) is 3. The normalized spacial score (nSPS) is 20.0. The van der Waals surface area contributed by atoms with E-state index in [-0.39, 0.29) is 43.0 Å². The molecule has 2 fully saturated rings. The molecule has 49 heavy (non-hydrogen) atoms. The molecule has 2 heterocycles. The molecule has 19 nitrogen and oxygen atoms in total. The van der Waals surface area contributed by atoms with Crippen molar-refractivity contribution in [2.24, 2.45) is 0 Å². The molecule has 2 saturated heterocycles. The summed E-state index contributed by atoms with van der Waals surface area (Å²) in [7, 11) is 3.15. The van der Waals surface area contributed by atoms with Crippen LogP contribution in [0.5, 0.6) is 0 Å². The molecule has 0 aliphatic carbocycles. The molecule has 2 aliphatic rings. The minimum absolute atomic E-state index is 0.0202. The first-order valence-corrected chi connectivity index (χ1v) is 15.8. The second kappa shape index (κ2) is 19.1. The summed E-state index contributed by atoms with van der Waals surface area (Å²) in [6.45, 7) is 2.65. The van der Waals surface area contributed by atoms with Crippen molar-refractivity contribution in [3.05, 3.63) is 29.8 Å². The Balaban J connectivity index is 1.54. The predicted molar refractivity (Wildman–Crippen MR) is 172 cm³/mol. The Morgan fingerprint density at radius 1 is 0.959 bits per heavy atom. The molecule has 2 aliphatic heterocycles. The lowest BCUT2D eigenvalue weighted by Crippen LogP contribution is -2.52. The largest absolute Gasteiger partial charge is 0.475 e. The van der Waals surface area contributed by atoms with Crippen LogP contribution in [0.1, 0.15) is 30.1 Å². The van der Waals surface area contributed by atoms with Gasteiger partial charge in [-0.15, -0.1) is 0 Å². The number of rotatable bonds is 10. The molecule has 0 aromatic heterocycles. The molecule has 1 aromatic rings. The Morgan fingerprint density at radius 3 is 2.10 bits per heavy atom. The highest BCUT2D eigenvalue weighted by Crippen LogP contribution is 2.19. The van der Waals surface area contributed by atoms with Crippen LogP contribution in [0.25, 0.3) is 0 Å². The van der Waals surface area contributed by atoms with Gasteiger partial charge in [-0.05, 0) is 65.2 Å². The SMILES string of the molecule is CNCC(=O)ON1OC(=O)CN(C)CCN(CC(=O)Nc2ccc(C(=O)N[C@H](C)C(=O)N3CCC[C@H]3B(O)O)cc2)CCN(C)CC(=O)O1. The molecule has 5 N–H and O–H groups in total. The molecule has 0 spiro atoms. The van der Waals surface area contributed by atoms with Gasteiger partial charge in [-0.2, -0.15) is 0 Å². The van der Waals surface area contributed by atoms with Crippen molar-refractivity contribution in [1.29, 1.82) is 0 Å². The van der Waals surface area contributed by atoms with Crippen molar-refractivity contribution in [2.75, 3.05) is 85.4 Å². The zero-order valence-corrected chi connectivity index (χ0v) is 28.1. The zero-order valence-electron chi connectivity index (χ0n) is 28.1. The molecule has 0 bridgehead atoms. The molecule has 0 radical (unpaired) electrons. The van der Waals surface area contributed by atoms with E-state index in [0.717, 1.165) is 0 Å². The predicted octanol–water partition coefficient (Wildman–Crippen LogP) is -3.18. The lowest BCUT2D eigenvalue weighted by atomic mass is 9.78. The van der Waals surface area contributed by atoms with Gasteiger partial charge in [-0.3, -0.25) is 43.6 Å². The first-order chi connectivity index (χ1) is 23.2. The molecule has 3 amide bonds. The van der Waals surface area contributed by atoms with Crippen molar-refractivity contribution < 1.29 is 53.3 Å². The molecule has 20 heteroatoms. The highest BCUT2D eigenvalue weighted by Gasteiger charge is 2.38. The molecule has 2 atom stereocenters. The van der Waals surface area contributed by atoms with Crippen molar-refractivity contribution in [3.8, 4) is 0 Å². The number of hydrogen-bond donors (Lipinski definition) is 5.